The molecule has 2 aliphatic rings. The lowest BCUT2D eigenvalue weighted by Gasteiger charge is -2.30. The van der Waals surface area contributed by atoms with Crippen LogP contribution in [0.3, 0.4) is 0 Å². The second-order valence-electron chi connectivity index (χ2n) is 8.08. The van der Waals surface area contributed by atoms with Gasteiger partial charge in [-0.3, -0.25) is 0 Å². The molecule has 0 aliphatic carbocycles. The molecule has 0 bridgehead atoms. The fourth-order valence-corrected chi connectivity index (χ4v) is 6.49. The summed E-state index contributed by atoms with van der Waals surface area (Å²) in [6.45, 7) is 3.28. The second-order valence-corrected chi connectivity index (χ2v) is 10.1. The molecule has 0 saturated heterocycles. The van der Waals surface area contributed by atoms with Gasteiger partial charge >= 0.3 is 0 Å². The van der Waals surface area contributed by atoms with Crippen LogP contribution in [0.2, 0.25) is 0 Å². The number of rotatable bonds is 6. The number of fused-ring (bicyclic) bond motifs is 2. The third-order valence-electron chi connectivity index (χ3n) is 5.90. The summed E-state index contributed by atoms with van der Waals surface area (Å²) in [5.41, 5.74) is 12.6. The van der Waals surface area contributed by atoms with Gasteiger partial charge in [0, 0.05) is 16.5 Å². The van der Waals surface area contributed by atoms with E-state index in [4.69, 9.17) is 15.2 Å². The van der Waals surface area contributed by atoms with Gasteiger partial charge in [-0.15, -0.1) is 10.5 Å². The Hall–Kier alpha value is -3.24. The summed E-state index contributed by atoms with van der Waals surface area (Å²) in [5.74, 6) is 2.83. The molecule has 2 N–H and O–H groups in total. The van der Waals surface area contributed by atoms with Gasteiger partial charge in [0.2, 0.25) is 0 Å². The van der Waals surface area contributed by atoms with Crippen LogP contribution in [0.5, 0.6) is 5.75 Å². The van der Waals surface area contributed by atoms with E-state index in [0.29, 0.717) is 13.2 Å². The maximum atomic E-state index is 6.52. The van der Waals surface area contributed by atoms with Crippen molar-refractivity contribution in [2.75, 3.05) is 5.75 Å². The first-order valence-corrected chi connectivity index (χ1v) is 12.3. The molecule has 1 atom stereocenters. The van der Waals surface area contributed by atoms with E-state index in [1.165, 1.54) is 27.1 Å². The molecule has 0 spiro atoms. The highest BCUT2D eigenvalue weighted by Gasteiger charge is 2.26. The third kappa shape index (κ3) is 4.23. The zero-order valence-electron chi connectivity index (χ0n) is 18.2. The molecule has 3 aromatic rings. The lowest BCUT2D eigenvalue weighted by atomic mass is 9.97. The van der Waals surface area contributed by atoms with E-state index < -0.39 is 0 Å². The van der Waals surface area contributed by atoms with E-state index in [0.717, 1.165) is 34.3 Å². The molecule has 2 heterocycles. The number of aryl methyl sites for hydroxylation is 1. The Balaban J connectivity index is 1.40. The molecule has 5 rings (SSSR count). The first-order chi connectivity index (χ1) is 15.7. The third-order valence-corrected chi connectivity index (χ3v) is 8.21. The van der Waals surface area contributed by atoms with E-state index >= 15 is 0 Å². The fraction of sp³-hybridized carbons (Fsp3) is 0.179. The Morgan fingerprint density at radius 1 is 0.844 bits per heavy atom. The van der Waals surface area contributed by atoms with Gasteiger partial charge in [0.25, 0.3) is 0 Å². The smallest absolute Gasteiger partial charge is 0.126 e. The van der Waals surface area contributed by atoms with Crippen molar-refractivity contribution in [2.45, 2.75) is 26.6 Å². The normalized spacial score (nSPS) is 17.3. The van der Waals surface area contributed by atoms with Crippen LogP contribution in [0.1, 0.15) is 29.2 Å². The van der Waals surface area contributed by atoms with Crippen LogP contribution >= 0.6 is 10.5 Å². The van der Waals surface area contributed by atoms with E-state index in [2.05, 4.69) is 49.4 Å². The first kappa shape index (κ1) is 20.7. The number of ether oxygens (including phenoxy) is 2. The van der Waals surface area contributed by atoms with Crippen molar-refractivity contribution in [1.82, 2.24) is 0 Å². The van der Waals surface area contributed by atoms with E-state index in [1.54, 1.807) is 0 Å². The minimum atomic E-state index is -0.0708. The molecule has 162 valence electrons. The summed E-state index contributed by atoms with van der Waals surface area (Å²) in [6, 6.07) is 27.0. The van der Waals surface area contributed by atoms with E-state index in [1.807, 2.05) is 42.5 Å². The van der Waals surface area contributed by atoms with Gasteiger partial charge < -0.3 is 15.2 Å². The Kier molecular flexibility index (Phi) is 5.87. The highest BCUT2D eigenvalue weighted by atomic mass is 32.2. The van der Waals surface area contributed by atoms with Crippen LogP contribution in [-0.2, 0) is 24.4 Å². The summed E-state index contributed by atoms with van der Waals surface area (Å²) in [6.07, 6.45) is 3.04. The largest absolute Gasteiger partial charge is 0.489 e. The summed E-state index contributed by atoms with van der Waals surface area (Å²) in [7, 11) is -0.0708. The number of benzene rings is 3. The topological polar surface area (TPSA) is 44.5 Å². The maximum Gasteiger partial charge on any atom is 0.126 e. The van der Waals surface area contributed by atoms with Gasteiger partial charge in [-0.1, -0.05) is 60.7 Å². The minimum absolute atomic E-state index is 0.0708. The van der Waals surface area contributed by atoms with E-state index in [9.17, 15) is 0 Å². The standard InChI is InChI=1S/C28H27NO2S/c1-20-26(31-19-22-10-6-3-7-11-22)17-27(29)32-15-14-23-16-24(12-13-25(23)28(20)32)30-18-21-8-4-2-5-9-21/h2-13,16-17H,14-15,18-19,29H2,1H3. The Morgan fingerprint density at radius 3 is 2.19 bits per heavy atom. The Labute approximate surface area is 192 Å². The average Bonchev–Trinajstić information content (AvgIpc) is 2.84. The SMILES string of the molecule is CC1=C(OCc2ccccc2)C=C(N)S2=C1c1ccc(OCc3ccccc3)cc1CC2. The molecule has 0 aromatic heterocycles. The first-order valence-electron chi connectivity index (χ1n) is 10.9. The van der Waals surface area contributed by atoms with Gasteiger partial charge in [-0.2, -0.15) is 0 Å². The van der Waals surface area contributed by atoms with Crippen molar-refractivity contribution in [3.8, 4) is 5.75 Å². The van der Waals surface area contributed by atoms with Gasteiger partial charge in [0.15, 0.2) is 0 Å². The summed E-state index contributed by atoms with van der Waals surface area (Å²) in [5, 5.41) is 0.920. The number of hydrogen-bond acceptors (Lipinski definition) is 3. The minimum Gasteiger partial charge on any atom is -0.489 e. The van der Waals surface area contributed by atoms with Crippen LogP contribution in [0.25, 0.3) is 0 Å². The lowest BCUT2D eigenvalue weighted by Crippen LogP contribution is -2.21. The maximum absolute atomic E-state index is 6.52. The predicted molar refractivity (Wildman–Crippen MR) is 134 cm³/mol. The van der Waals surface area contributed by atoms with Crippen molar-refractivity contribution in [2.24, 2.45) is 5.73 Å². The van der Waals surface area contributed by atoms with Gasteiger partial charge in [-0.25, -0.2) is 0 Å². The summed E-state index contributed by atoms with van der Waals surface area (Å²) < 4.78 is 12.3. The van der Waals surface area contributed by atoms with Crippen molar-refractivity contribution in [3.63, 3.8) is 0 Å². The molecule has 2 aliphatic heterocycles. The Morgan fingerprint density at radius 2 is 1.50 bits per heavy atom. The molecule has 3 aromatic carbocycles. The zero-order chi connectivity index (χ0) is 21.9. The van der Waals surface area contributed by atoms with Crippen LogP contribution in [-0.4, -0.2) is 10.6 Å². The van der Waals surface area contributed by atoms with E-state index in [-0.39, 0.29) is 10.5 Å². The molecular weight excluding hydrogens is 414 g/mol. The summed E-state index contributed by atoms with van der Waals surface area (Å²) in [4.78, 5) is 1.32. The van der Waals surface area contributed by atoms with Gasteiger partial charge in [0.05, 0.1) is 5.03 Å². The van der Waals surface area contributed by atoms with Crippen LogP contribution in [0, 0.1) is 0 Å². The molecule has 32 heavy (non-hydrogen) atoms. The van der Waals surface area contributed by atoms with Crippen molar-refractivity contribution >= 4 is 15.3 Å². The molecule has 0 saturated carbocycles. The zero-order valence-corrected chi connectivity index (χ0v) is 19.0. The number of allylic oxidation sites excluding steroid dienone is 2. The molecular formula is C28H27NO2S. The molecule has 0 amide bonds. The van der Waals surface area contributed by atoms with Crippen LogP contribution in [0.4, 0.5) is 0 Å². The quantitative estimate of drug-likeness (QED) is 0.483. The number of nitrogens with two attached hydrogens (primary N) is 1. The van der Waals surface area contributed by atoms with Gasteiger partial charge in [-0.05, 0) is 59.6 Å². The highest BCUT2D eigenvalue weighted by Crippen LogP contribution is 2.41. The summed E-state index contributed by atoms with van der Waals surface area (Å²) >= 11 is 0. The van der Waals surface area contributed by atoms with Gasteiger partial charge in [0.1, 0.15) is 24.7 Å². The van der Waals surface area contributed by atoms with Crippen molar-refractivity contribution in [1.29, 1.82) is 0 Å². The molecule has 0 fully saturated rings. The lowest BCUT2D eigenvalue weighted by molar-refractivity contribution is 0.209. The molecule has 1 unspecified atom stereocenters. The van der Waals surface area contributed by atoms with Crippen LogP contribution < -0.4 is 10.5 Å². The molecule has 3 nitrogen and oxygen atoms in total. The van der Waals surface area contributed by atoms with Crippen LogP contribution in [0.15, 0.2) is 101 Å². The monoisotopic (exact) mass is 441 g/mol. The number of hydrogen-bond donors (Lipinski definition) is 1. The second kappa shape index (κ2) is 9.09. The fourth-order valence-electron chi connectivity index (χ4n) is 4.20. The highest BCUT2D eigenvalue weighted by molar-refractivity contribution is 8.19. The average molecular weight is 442 g/mol. The molecule has 0 radical (unpaired) electrons. The molecule has 4 heteroatoms. The van der Waals surface area contributed by atoms with Crippen molar-refractivity contribution in [3.05, 3.63) is 124 Å². The van der Waals surface area contributed by atoms with Crippen molar-refractivity contribution < 1.29 is 9.47 Å². The Bertz CT molecular complexity index is 1230. The predicted octanol–water partition coefficient (Wildman–Crippen LogP) is 5.92.